The van der Waals surface area contributed by atoms with Gasteiger partial charge in [0.25, 0.3) is 0 Å². The van der Waals surface area contributed by atoms with Crippen molar-refractivity contribution < 1.29 is 4.79 Å². The monoisotopic (exact) mass is 279 g/mol. The van der Waals surface area contributed by atoms with Gasteiger partial charge in [0.1, 0.15) is 0 Å². The molecule has 104 valence electrons. The molecule has 0 radical (unpaired) electrons. The summed E-state index contributed by atoms with van der Waals surface area (Å²) in [6.45, 7) is 4.70. The van der Waals surface area contributed by atoms with Crippen LogP contribution >= 0.6 is 11.6 Å². The first kappa shape index (κ1) is 14.4. The average Bonchev–Trinajstić information content (AvgIpc) is 3.17. The third kappa shape index (κ3) is 3.30. The lowest BCUT2D eigenvalue weighted by Gasteiger charge is -2.25. The molecule has 0 aromatic heterocycles. The molecule has 1 N–H and O–H groups in total. The van der Waals surface area contributed by atoms with Gasteiger partial charge in [-0.3, -0.25) is 4.79 Å². The molecule has 1 aliphatic carbocycles. The van der Waals surface area contributed by atoms with Crippen molar-refractivity contribution in [2.24, 2.45) is 5.41 Å². The molecule has 1 aliphatic rings. The van der Waals surface area contributed by atoms with Gasteiger partial charge in [0.05, 0.1) is 5.41 Å². The van der Waals surface area contributed by atoms with Crippen LogP contribution in [0.1, 0.15) is 38.7 Å². The van der Waals surface area contributed by atoms with Crippen LogP contribution in [0.2, 0.25) is 0 Å². The molecule has 1 aromatic carbocycles. The summed E-state index contributed by atoms with van der Waals surface area (Å²) in [5.41, 5.74) is 0.845. The number of benzene rings is 1. The quantitative estimate of drug-likeness (QED) is 0.794. The van der Waals surface area contributed by atoms with E-state index < -0.39 is 5.41 Å². The Balaban J connectivity index is 1.96. The zero-order valence-electron chi connectivity index (χ0n) is 11.7. The van der Waals surface area contributed by atoms with E-state index in [1.54, 1.807) is 0 Å². The van der Waals surface area contributed by atoms with Gasteiger partial charge in [-0.15, -0.1) is 11.6 Å². The topological polar surface area (TPSA) is 29.1 Å². The Hall–Kier alpha value is -1.02. The molecule has 19 heavy (non-hydrogen) atoms. The molecule has 0 spiro atoms. The van der Waals surface area contributed by atoms with E-state index in [1.165, 1.54) is 12.8 Å². The first-order valence-corrected chi connectivity index (χ1v) is 7.43. The van der Waals surface area contributed by atoms with Crippen LogP contribution in [0.3, 0.4) is 0 Å². The normalized spacial score (nSPS) is 17.0. The van der Waals surface area contributed by atoms with Gasteiger partial charge in [0.2, 0.25) is 5.91 Å². The van der Waals surface area contributed by atoms with E-state index in [9.17, 15) is 4.79 Å². The Morgan fingerprint density at radius 3 is 2.47 bits per heavy atom. The van der Waals surface area contributed by atoms with Crippen molar-refractivity contribution in [3.8, 4) is 0 Å². The van der Waals surface area contributed by atoms with Crippen LogP contribution in [0.15, 0.2) is 30.3 Å². The van der Waals surface area contributed by atoms with E-state index in [0.717, 1.165) is 18.5 Å². The maximum absolute atomic E-state index is 12.4. The van der Waals surface area contributed by atoms with Crippen molar-refractivity contribution in [2.45, 2.75) is 38.5 Å². The summed E-state index contributed by atoms with van der Waals surface area (Å²) in [6, 6.07) is 9.92. The molecular formula is C16H22ClNO. The molecule has 1 amide bonds. The Bertz CT molecular complexity index is 437. The molecule has 0 heterocycles. The molecule has 0 saturated heterocycles. The number of carbonyl (C=O) groups is 1. The summed E-state index contributed by atoms with van der Waals surface area (Å²) < 4.78 is 0. The van der Waals surface area contributed by atoms with Crippen molar-refractivity contribution in [3.05, 3.63) is 35.9 Å². The fourth-order valence-corrected chi connectivity index (χ4v) is 2.77. The number of alkyl halides is 1. The molecule has 1 aromatic rings. The van der Waals surface area contributed by atoms with Crippen molar-refractivity contribution in [3.63, 3.8) is 0 Å². The van der Waals surface area contributed by atoms with Crippen LogP contribution in [0, 0.1) is 5.41 Å². The second kappa shape index (κ2) is 5.54. The molecule has 0 aliphatic heterocycles. The van der Waals surface area contributed by atoms with Gasteiger partial charge in [-0.25, -0.2) is 0 Å². The second-order valence-corrected chi connectivity index (χ2v) is 6.49. The molecule has 1 fully saturated rings. The van der Waals surface area contributed by atoms with E-state index >= 15 is 0 Å². The molecule has 0 atom stereocenters. The molecule has 0 bridgehead atoms. The molecule has 2 rings (SSSR count). The Morgan fingerprint density at radius 2 is 1.95 bits per heavy atom. The van der Waals surface area contributed by atoms with Gasteiger partial charge in [0.15, 0.2) is 0 Å². The highest BCUT2D eigenvalue weighted by molar-refractivity contribution is 6.17. The number of amides is 1. The molecular weight excluding hydrogens is 258 g/mol. The number of rotatable bonds is 6. The van der Waals surface area contributed by atoms with Gasteiger partial charge in [-0.05, 0) is 44.1 Å². The van der Waals surface area contributed by atoms with Crippen molar-refractivity contribution >= 4 is 17.5 Å². The predicted molar refractivity (Wildman–Crippen MR) is 79.5 cm³/mol. The zero-order valence-corrected chi connectivity index (χ0v) is 12.5. The minimum atomic E-state index is -0.488. The fourth-order valence-electron chi connectivity index (χ4n) is 2.37. The number of halogens is 1. The second-order valence-electron chi connectivity index (χ2n) is 6.11. The van der Waals surface area contributed by atoms with E-state index in [1.807, 2.05) is 44.2 Å². The Kier molecular flexibility index (Phi) is 4.19. The SMILES string of the molecule is CC(C)(C(=O)NCC1(CCCl)CC1)c1ccccc1. The largest absolute Gasteiger partial charge is 0.355 e. The van der Waals surface area contributed by atoms with Crippen molar-refractivity contribution in [2.75, 3.05) is 12.4 Å². The Morgan fingerprint density at radius 1 is 1.32 bits per heavy atom. The highest BCUT2D eigenvalue weighted by Gasteiger charge is 2.42. The first-order valence-electron chi connectivity index (χ1n) is 6.90. The van der Waals surface area contributed by atoms with E-state index in [-0.39, 0.29) is 11.3 Å². The smallest absolute Gasteiger partial charge is 0.230 e. The summed E-state index contributed by atoms with van der Waals surface area (Å²) in [6.07, 6.45) is 3.37. The minimum absolute atomic E-state index is 0.0968. The van der Waals surface area contributed by atoms with Gasteiger partial charge in [-0.2, -0.15) is 0 Å². The van der Waals surface area contributed by atoms with E-state index in [0.29, 0.717) is 5.88 Å². The van der Waals surface area contributed by atoms with Gasteiger partial charge < -0.3 is 5.32 Å². The number of nitrogens with one attached hydrogen (secondary N) is 1. The van der Waals surface area contributed by atoms with Crippen LogP contribution in [0.5, 0.6) is 0 Å². The van der Waals surface area contributed by atoms with Crippen LogP contribution in [0.4, 0.5) is 0 Å². The summed E-state index contributed by atoms with van der Waals surface area (Å²) in [7, 11) is 0. The molecule has 1 saturated carbocycles. The van der Waals surface area contributed by atoms with E-state index in [2.05, 4.69) is 5.32 Å². The molecule has 3 heteroatoms. The molecule has 0 unspecified atom stereocenters. The first-order chi connectivity index (χ1) is 9.00. The highest BCUT2D eigenvalue weighted by Crippen LogP contribution is 2.48. The van der Waals surface area contributed by atoms with Gasteiger partial charge in [-0.1, -0.05) is 30.3 Å². The van der Waals surface area contributed by atoms with Gasteiger partial charge in [0, 0.05) is 12.4 Å². The maximum atomic E-state index is 12.4. The third-order valence-corrected chi connectivity index (χ3v) is 4.46. The average molecular weight is 280 g/mol. The highest BCUT2D eigenvalue weighted by atomic mass is 35.5. The van der Waals surface area contributed by atoms with Crippen LogP contribution in [0.25, 0.3) is 0 Å². The summed E-state index contributed by atoms with van der Waals surface area (Å²) in [5, 5.41) is 3.11. The van der Waals surface area contributed by atoms with Crippen molar-refractivity contribution in [1.29, 1.82) is 0 Å². The Labute approximate surface area is 120 Å². The summed E-state index contributed by atoms with van der Waals surface area (Å²) in [4.78, 5) is 12.4. The number of hydrogen-bond acceptors (Lipinski definition) is 1. The van der Waals surface area contributed by atoms with E-state index in [4.69, 9.17) is 11.6 Å². The third-order valence-electron chi connectivity index (χ3n) is 4.27. The maximum Gasteiger partial charge on any atom is 0.230 e. The number of hydrogen-bond donors (Lipinski definition) is 1. The lowest BCUT2D eigenvalue weighted by Crippen LogP contribution is -2.42. The number of carbonyl (C=O) groups excluding carboxylic acids is 1. The van der Waals surface area contributed by atoms with Crippen LogP contribution in [-0.2, 0) is 10.2 Å². The standard InChI is InChI=1S/C16H22ClNO/c1-15(2,13-6-4-3-5-7-13)14(19)18-12-16(8-9-16)10-11-17/h3-7H,8-12H2,1-2H3,(H,18,19). The zero-order chi connectivity index (χ0) is 13.9. The predicted octanol–water partition coefficient (Wildman–Crippen LogP) is 3.49. The van der Waals surface area contributed by atoms with Crippen LogP contribution < -0.4 is 5.32 Å². The molecule has 2 nitrogen and oxygen atoms in total. The fraction of sp³-hybridized carbons (Fsp3) is 0.562. The summed E-state index contributed by atoms with van der Waals surface area (Å²) in [5.74, 6) is 0.775. The van der Waals surface area contributed by atoms with Gasteiger partial charge >= 0.3 is 0 Å². The van der Waals surface area contributed by atoms with Crippen LogP contribution in [-0.4, -0.2) is 18.3 Å². The lowest BCUT2D eigenvalue weighted by molar-refractivity contribution is -0.125. The minimum Gasteiger partial charge on any atom is -0.355 e. The lowest BCUT2D eigenvalue weighted by atomic mass is 9.83. The summed E-state index contributed by atoms with van der Waals surface area (Å²) >= 11 is 5.81. The van der Waals surface area contributed by atoms with Crippen molar-refractivity contribution in [1.82, 2.24) is 5.32 Å².